The molecule has 0 saturated carbocycles. The molecule has 4 heteroatoms. The van der Waals surface area contributed by atoms with Crippen molar-refractivity contribution in [1.82, 2.24) is 0 Å². The lowest BCUT2D eigenvalue weighted by Gasteiger charge is -2.32. The van der Waals surface area contributed by atoms with Crippen molar-refractivity contribution in [2.75, 3.05) is 17.3 Å². The number of amides is 1. The normalized spacial score (nSPS) is 19.9. The summed E-state index contributed by atoms with van der Waals surface area (Å²) < 4.78 is 0. The average Bonchev–Trinajstić information content (AvgIpc) is 2.21. The number of nitrogens with one attached hydrogen (secondary N) is 1. The Labute approximate surface area is 94.0 Å². The molecular formula is C11H13ClN2O. The van der Waals surface area contributed by atoms with E-state index in [0.29, 0.717) is 0 Å². The lowest BCUT2D eigenvalue weighted by Crippen LogP contribution is -2.43. The van der Waals surface area contributed by atoms with Crippen molar-refractivity contribution in [2.24, 2.45) is 0 Å². The molecule has 3 nitrogen and oxygen atoms in total. The van der Waals surface area contributed by atoms with Crippen LogP contribution in [0.15, 0.2) is 12.1 Å². The second-order valence-corrected chi connectivity index (χ2v) is 4.24. The summed E-state index contributed by atoms with van der Waals surface area (Å²) in [4.78, 5) is 13.4. The number of likely N-dealkylation sites (N-methyl/N-ethyl adjacent to an activating group) is 1. The number of nitrogens with zero attached hydrogens (tertiary/aromatic N) is 1. The quantitative estimate of drug-likeness (QED) is 0.734. The number of fused-ring (bicyclic) bond motifs is 1. The first-order valence-electron chi connectivity index (χ1n) is 4.85. The Balaban J connectivity index is 2.60. The van der Waals surface area contributed by atoms with Gasteiger partial charge in [-0.25, -0.2) is 0 Å². The lowest BCUT2D eigenvalue weighted by atomic mass is 10.1. The van der Waals surface area contributed by atoms with Crippen LogP contribution in [-0.2, 0) is 4.79 Å². The maximum absolute atomic E-state index is 11.7. The summed E-state index contributed by atoms with van der Waals surface area (Å²) in [6.07, 6.45) is 0. The molecule has 2 rings (SSSR count). The number of benzene rings is 1. The molecule has 15 heavy (non-hydrogen) atoms. The second kappa shape index (κ2) is 3.42. The maximum atomic E-state index is 11.7. The van der Waals surface area contributed by atoms with Gasteiger partial charge < -0.3 is 10.2 Å². The first kappa shape index (κ1) is 10.3. The zero-order valence-corrected chi connectivity index (χ0v) is 9.72. The molecule has 1 aliphatic rings. The zero-order chi connectivity index (χ0) is 11.2. The summed E-state index contributed by atoms with van der Waals surface area (Å²) in [5, 5.41) is 3.89. The first-order chi connectivity index (χ1) is 7.02. The van der Waals surface area contributed by atoms with Crippen molar-refractivity contribution in [3.63, 3.8) is 0 Å². The number of carbonyl (C=O) groups excluding carboxylic acids is 1. The SMILES string of the molecule is Cc1c(Cl)ccc2c1NC(C)C(=O)N2C. The summed E-state index contributed by atoms with van der Waals surface area (Å²) in [5.41, 5.74) is 2.83. The van der Waals surface area contributed by atoms with E-state index in [-0.39, 0.29) is 11.9 Å². The molecule has 0 radical (unpaired) electrons. The average molecular weight is 225 g/mol. The summed E-state index contributed by atoms with van der Waals surface area (Å²) in [5.74, 6) is 0.0734. The Morgan fingerprint density at radius 2 is 2.13 bits per heavy atom. The van der Waals surface area contributed by atoms with Crippen LogP contribution in [0.2, 0.25) is 5.02 Å². The van der Waals surface area contributed by atoms with Crippen molar-refractivity contribution < 1.29 is 4.79 Å². The van der Waals surface area contributed by atoms with Crippen LogP contribution in [0.25, 0.3) is 0 Å². The van der Waals surface area contributed by atoms with Crippen LogP contribution in [0.4, 0.5) is 11.4 Å². The number of hydrogen-bond acceptors (Lipinski definition) is 2. The van der Waals surface area contributed by atoms with Crippen molar-refractivity contribution in [3.8, 4) is 0 Å². The van der Waals surface area contributed by atoms with Crippen molar-refractivity contribution in [3.05, 3.63) is 22.7 Å². The molecule has 0 saturated heterocycles. The highest BCUT2D eigenvalue weighted by Crippen LogP contribution is 2.36. The van der Waals surface area contributed by atoms with Crippen LogP contribution < -0.4 is 10.2 Å². The molecule has 80 valence electrons. The van der Waals surface area contributed by atoms with Gasteiger partial charge in [0, 0.05) is 12.1 Å². The maximum Gasteiger partial charge on any atom is 0.248 e. The molecule has 0 aliphatic carbocycles. The third kappa shape index (κ3) is 1.47. The van der Waals surface area contributed by atoms with Crippen molar-refractivity contribution in [2.45, 2.75) is 19.9 Å². The van der Waals surface area contributed by atoms with E-state index in [9.17, 15) is 4.79 Å². The number of halogens is 1. The highest BCUT2D eigenvalue weighted by atomic mass is 35.5. The van der Waals surface area contributed by atoms with Crippen molar-refractivity contribution in [1.29, 1.82) is 0 Å². The van der Waals surface area contributed by atoms with Crippen molar-refractivity contribution >= 4 is 28.9 Å². The fourth-order valence-corrected chi connectivity index (χ4v) is 1.98. The molecule has 1 N–H and O–H groups in total. The van der Waals surface area contributed by atoms with Gasteiger partial charge in [0.2, 0.25) is 5.91 Å². The van der Waals surface area contributed by atoms with E-state index >= 15 is 0 Å². The fourth-order valence-electron chi connectivity index (χ4n) is 1.82. The van der Waals surface area contributed by atoms with Gasteiger partial charge in [0.25, 0.3) is 0 Å². The third-order valence-corrected chi connectivity index (χ3v) is 3.21. The molecule has 0 bridgehead atoms. The van der Waals surface area contributed by atoms with Gasteiger partial charge in [0.1, 0.15) is 6.04 Å². The van der Waals surface area contributed by atoms with Gasteiger partial charge in [0.05, 0.1) is 11.4 Å². The van der Waals surface area contributed by atoms with Crippen LogP contribution in [0.1, 0.15) is 12.5 Å². The van der Waals surface area contributed by atoms with E-state index in [2.05, 4.69) is 5.32 Å². The van der Waals surface area contributed by atoms with Gasteiger partial charge in [-0.2, -0.15) is 0 Å². The van der Waals surface area contributed by atoms with E-state index in [0.717, 1.165) is 22.0 Å². The Morgan fingerprint density at radius 3 is 2.80 bits per heavy atom. The minimum absolute atomic E-state index is 0.0734. The van der Waals surface area contributed by atoms with Gasteiger partial charge in [-0.3, -0.25) is 4.79 Å². The topological polar surface area (TPSA) is 32.3 Å². The number of anilines is 2. The predicted molar refractivity (Wildman–Crippen MR) is 62.7 cm³/mol. The molecule has 0 spiro atoms. The Kier molecular flexibility index (Phi) is 2.35. The van der Waals surface area contributed by atoms with E-state index in [1.807, 2.05) is 26.0 Å². The second-order valence-electron chi connectivity index (χ2n) is 3.83. The third-order valence-electron chi connectivity index (χ3n) is 2.80. The summed E-state index contributed by atoms with van der Waals surface area (Å²) in [6.45, 7) is 3.80. The Hall–Kier alpha value is -1.22. The van der Waals surface area contributed by atoms with E-state index in [4.69, 9.17) is 11.6 Å². The van der Waals surface area contributed by atoms with Crippen LogP contribution >= 0.6 is 11.6 Å². The Morgan fingerprint density at radius 1 is 1.47 bits per heavy atom. The van der Waals surface area contributed by atoms with Gasteiger partial charge in [-0.1, -0.05) is 11.6 Å². The van der Waals surface area contributed by atoms with E-state index in [1.165, 1.54) is 0 Å². The molecule has 1 amide bonds. The highest BCUT2D eigenvalue weighted by molar-refractivity contribution is 6.32. The predicted octanol–water partition coefficient (Wildman–Crippen LogP) is 2.43. The zero-order valence-electron chi connectivity index (χ0n) is 8.97. The minimum Gasteiger partial charge on any atom is -0.372 e. The van der Waals surface area contributed by atoms with Gasteiger partial charge in [-0.15, -0.1) is 0 Å². The lowest BCUT2D eigenvalue weighted by molar-refractivity contribution is -0.118. The van der Waals surface area contributed by atoms with Crippen LogP contribution in [-0.4, -0.2) is 19.0 Å². The Bertz CT molecular complexity index is 431. The monoisotopic (exact) mass is 224 g/mol. The fraction of sp³-hybridized carbons (Fsp3) is 0.364. The summed E-state index contributed by atoms with van der Waals surface area (Å²) >= 11 is 6.03. The van der Waals surface area contributed by atoms with Gasteiger partial charge in [-0.05, 0) is 31.5 Å². The largest absolute Gasteiger partial charge is 0.372 e. The van der Waals surface area contributed by atoms with Crippen LogP contribution in [0.5, 0.6) is 0 Å². The van der Waals surface area contributed by atoms with Crippen LogP contribution in [0, 0.1) is 6.92 Å². The van der Waals surface area contributed by atoms with Gasteiger partial charge in [0.15, 0.2) is 0 Å². The molecule has 1 unspecified atom stereocenters. The van der Waals surface area contributed by atoms with E-state index in [1.54, 1.807) is 11.9 Å². The summed E-state index contributed by atoms with van der Waals surface area (Å²) in [7, 11) is 1.78. The minimum atomic E-state index is -0.195. The molecular weight excluding hydrogens is 212 g/mol. The van der Waals surface area contributed by atoms with Gasteiger partial charge >= 0.3 is 0 Å². The molecule has 1 aromatic carbocycles. The number of rotatable bonds is 0. The molecule has 1 aliphatic heterocycles. The first-order valence-corrected chi connectivity index (χ1v) is 5.23. The molecule has 0 fully saturated rings. The molecule has 1 aromatic rings. The highest BCUT2D eigenvalue weighted by Gasteiger charge is 2.28. The smallest absolute Gasteiger partial charge is 0.248 e. The van der Waals surface area contributed by atoms with Crippen LogP contribution in [0.3, 0.4) is 0 Å². The number of hydrogen-bond donors (Lipinski definition) is 1. The standard InChI is InChI=1S/C11H13ClN2O/c1-6-8(12)4-5-9-10(6)13-7(2)11(15)14(9)3/h4-5,7,13H,1-3H3. The molecule has 1 heterocycles. The molecule has 1 atom stereocenters. The number of carbonyl (C=O) groups is 1. The van der Waals surface area contributed by atoms with E-state index < -0.39 is 0 Å². The summed E-state index contributed by atoms with van der Waals surface area (Å²) in [6, 6.07) is 3.48. The molecule has 0 aromatic heterocycles.